The highest BCUT2D eigenvalue weighted by Crippen LogP contribution is 2.38. The quantitative estimate of drug-likeness (QED) is 0.899. The fourth-order valence-corrected chi connectivity index (χ4v) is 3.51. The average molecular weight is 367 g/mol. The summed E-state index contributed by atoms with van der Waals surface area (Å²) in [6.07, 6.45) is -0.994. The number of amides is 1. The van der Waals surface area contributed by atoms with Gasteiger partial charge in [0, 0.05) is 23.6 Å². The van der Waals surface area contributed by atoms with E-state index in [1.807, 2.05) is 0 Å². The number of ether oxygens (including phenoxy) is 1. The van der Waals surface area contributed by atoms with Crippen molar-refractivity contribution in [2.75, 3.05) is 6.54 Å². The smallest absolute Gasteiger partial charge is 0.375 e. The molecule has 1 amide bonds. The SMILES string of the molecule is O=C(NCC1CC2CCC1O2)c1ccc(-c2noc(C(F)(F)F)n2)cc1. The molecule has 0 spiro atoms. The van der Waals surface area contributed by atoms with Gasteiger partial charge >= 0.3 is 12.1 Å². The van der Waals surface area contributed by atoms with Gasteiger partial charge in [0.1, 0.15) is 0 Å². The van der Waals surface area contributed by atoms with E-state index in [1.165, 1.54) is 24.3 Å². The monoisotopic (exact) mass is 367 g/mol. The summed E-state index contributed by atoms with van der Waals surface area (Å²) in [7, 11) is 0. The maximum absolute atomic E-state index is 12.5. The van der Waals surface area contributed by atoms with Crippen LogP contribution in [0, 0.1) is 5.92 Å². The molecule has 3 heterocycles. The highest BCUT2D eigenvalue weighted by atomic mass is 19.4. The van der Waals surface area contributed by atoms with Gasteiger partial charge < -0.3 is 14.6 Å². The van der Waals surface area contributed by atoms with Crippen molar-refractivity contribution < 1.29 is 27.2 Å². The van der Waals surface area contributed by atoms with E-state index < -0.39 is 12.1 Å². The molecule has 1 aromatic heterocycles. The van der Waals surface area contributed by atoms with E-state index in [9.17, 15) is 18.0 Å². The molecule has 6 nitrogen and oxygen atoms in total. The Balaban J connectivity index is 1.37. The van der Waals surface area contributed by atoms with Gasteiger partial charge in [-0.25, -0.2) is 0 Å². The number of carbonyl (C=O) groups excluding carboxylic acids is 1. The van der Waals surface area contributed by atoms with Crippen molar-refractivity contribution in [2.45, 2.75) is 37.6 Å². The summed E-state index contributed by atoms with van der Waals surface area (Å²) in [6.45, 7) is 0.557. The Labute approximate surface area is 146 Å². The molecule has 1 N–H and O–H groups in total. The number of hydrogen-bond donors (Lipinski definition) is 1. The molecule has 4 rings (SSSR count). The minimum Gasteiger partial charge on any atom is -0.375 e. The molecule has 2 aromatic rings. The first-order valence-electron chi connectivity index (χ1n) is 8.35. The molecule has 9 heteroatoms. The molecular formula is C17H16F3N3O3. The lowest BCUT2D eigenvalue weighted by atomic mass is 9.89. The number of carbonyl (C=O) groups is 1. The molecular weight excluding hydrogens is 351 g/mol. The Bertz CT molecular complexity index is 804. The Hall–Kier alpha value is -2.42. The van der Waals surface area contributed by atoms with Crippen LogP contribution in [0.15, 0.2) is 28.8 Å². The van der Waals surface area contributed by atoms with E-state index in [4.69, 9.17) is 4.74 Å². The molecule has 2 fully saturated rings. The van der Waals surface area contributed by atoms with E-state index in [0.29, 0.717) is 29.7 Å². The number of fused-ring (bicyclic) bond motifs is 2. The highest BCUT2D eigenvalue weighted by molar-refractivity contribution is 5.94. The number of hydrogen-bond acceptors (Lipinski definition) is 5. The number of benzene rings is 1. The van der Waals surface area contributed by atoms with Crippen molar-refractivity contribution in [3.63, 3.8) is 0 Å². The van der Waals surface area contributed by atoms with Crippen LogP contribution >= 0.6 is 0 Å². The lowest BCUT2D eigenvalue weighted by Crippen LogP contribution is -2.33. The molecule has 2 bridgehead atoms. The first kappa shape index (κ1) is 17.0. The van der Waals surface area contributed by atoms with Gasteiger partial charge in [0.2, 0.25) is 5.82 Å². The summed E-state index contributed by atoms with van der Waals surface area (Å²) in [5.41, 5.74) is 0.750. The van der Waals surface area contributed by atoms with Crippen molar-refractivity contribution in [1.29, 1.82) is 0 Å². The Morgan fingerprint density at radius 3 is 2.58 bits per heavy atom. The van der Waals surface area contributed by atoms with Gasteiger partial charge in [-0.2, -0.15) is 18.2 Å². The molecule has 0 aliphatic carbocycles. The molecule has 3 atom stereocenters. The standard InChI is InChI=1S/C17H16F3N3O3/c18-17(19,20)16-22-14(23-26-16)9-1-3-10(4-2-9)15(24)21-8-11-7-12-5-6-13(11)25-12/h1-4,11-13H,5-8H2,(H,21,24). The molecule has 2 aliphatic rings. The molecule has 3 unspecified atom stereocenters. The van der Waals surface area contributed by atoms with Crippen LogP contribution in [-0.4, -0.2) is 34.8 Å². The third kappa shape index (κ3) is 3.31. The lowest BCUT2D eigenvalue weighted by Gasteiger charge is -2.18. The number of nitrogens with zero attached hydrogens (tertiary/aromatic N) is 2. The molecule has 0 radical (unpaired) electrons. The molecule has 0 saturated carbocycles. The summed E-state index contributed by atoms with van der Waals surface area (Å²) >= 11 is 0. The Morgan fingerprint density at radius 2 is 2.00 bits per heavy atom. The van der Waals surface area contributed by atoms with Crippen molar-refractivity contribution >= 4 is 5.91 Å². The van der Waals surface area contributed by atoms with Crippen molar-refractivity contribution in [3.05, 3.63) is 35.7 Å². The predicted molar refractivity (Wildman–Crippen MR) is 83.1 cm³/mol. The maximum atomic E-state index is 12.5. The van der Waals surface area contributed by atoms with Gasteiger partial charge in [0.15, 0.2) is 0 Å². The summed E-state index contributed by atoms with van der Waals surface area (Å²) in [5, 5.41) is 6.21. The number of halogens is 3. The second-order valence-corrected chi connectivity index (χ2v) is 6.58. The lowest BCUT2D eigenvalue weighted by molar-refractivity contribution is -0.159. The van der Waals surface area contributed by atoms with Crippen molar-refractivity contribution in [2.24, 2.45) is 5.92 Å². The third-order valence-electron chi connectivity index (χ3n) is 4.83. The average Bonchev–Trinajstić information content (AvgIpc) is 3.35. The molecule has 2 aliphatic heterocycles. The second kappa shape index (κ2) is 6.39. The van der Waals surface area contributed by atoms with E-state index in [-0.39, 0.29) is 17.8 Å². The zero-order chi connectivity index (χ0) is 18.3. The van der Waals surface area contributed by atoms with E-state index in [1.54, 1.807) is 0 Å². The fourth-order valence-electron chi connectivity index (χ4n) is 3.51. The Morgan fingerprint density at radius 1 is 1.23 bits per heavy atom. The first-order valence-corrected chi connectivity index (χ1v) is 8.35. The van der Waals surface area contributed by atoms with Crippen molar-refractivity contribution in [1.82, 2.24) is 15.5 Å². The predicted octanol–water partition coefficient (Wildman–Crippen LogP) is 3.05. The molecule has 1 aromatic carbocycles. The first-order chi connectivity index (χ1) is 12.4. The number of aromatic nitrogens is 2. The van der Waals surface area contributed by atoms with E-state index >= 15 is 0 Å². The largest absolute Gasteiger partial charge is 0.471 e. The van der Waals surface area contributed by atoms with Gasteiger partial charge in [-0.3, -0.25) is 4.79 Å². The summed E-state index contributed by atoms with van der Waals surface area (Å²) in [4.78, 5) is 15.6. The second-order valence-electron chi connectivity index (χ2n) is 6.58. The molecule has 26 heavy (non-hydrogen) atoms. The van der Waals surface area contributed by atoms with Crippen LogP contribution in [0.5, 0.6) is 0 Å². The van der Waals surface area contributed by atoms with Gasteiger partial charge in [0.05, 0.1) is 12.2 Å². The van der Waals surface area contributed by atoms with Crippen LogP contribution in [0.3, 0.4) is 0 Å². The van der Waals surface area contributed by atoms with Gasteiger partial charge in [0.25, 0.3) is 5.91 Å². The van der Waals surface area contributed by atoms with E-state index in [2.05, 4.69) is 20.0 Å². The van der Waals surface area contributed by atoms with Gasteiger partial charge in [-0.15, -0.1) is 0 Å². The number of rotatable bonds is 4. The van der Waals surface area contributed by atoms with Gasteiger partial charge in [-0.1, -0.05) is 17.3 Å². The van der Waals surface area contributed by atoms with Crippen LogP contribution < -0.4 is 5.32 Å². The van der Waals surface area contributed by atoms with Crippen LogP contribution in [-0.2, 0) is 10.9 Å². The minimum atomic E-state index is -4.69. The maximum Gasteiger partial charge on any atom is 0.471 e. The minimum absolute atomic E-state index is 0.177. The number of nitrogens with one attached hydrogen (secondary N) is 1. The number of alkyl halides is 3. The summed E-state index contributed by atoms with van der Waals surface area (Å²) < 4.78 is 47.5. The molecule has 138 valence electrons. The summed E-state index contributed by atoms with van der Waals surface area (Å²) in [6, 6.07) is 6.01. The van der Waals surface area contributed by atoms with Crippen molar-refractivity contribution in [3.8, 4) is 11.4 Å². The zero-order valence-corrected chi connectivity index (χ0v) is 13.6. The van der Waals surface area contributed by atoms with Crippen LogP contribution in [0.1, 0.15) is 35.5 Å². The Kier molecular flexibility index (Phi) is 4.18. The van der Waals surface area contributed by atoms with Crippen LogP contribution in [0.2, 0.25) is 0 Å². The van der Waals surface area contributed by atoms with E-state index in [0.717, 1.165) is 19.3 Å². The fraction of sp³-hybridized carbons (Fsp3) is 0.471. The molecule has 2 saturated heterocycles. The normalized spacial score (nSPS) is 24.8. The summed E-state index contributed by atoms with van der Waals surface area (Å²) in [5.74, 6) is -1.47. The van der Waals surface area contributed by atoms with Crippen LogP contribution in [0.25, 0.3) is 11.4 Å². The highest BCUT2D eigenvalue weighted by Gasteiger charge is 2.40. The van der Waals surface area contributed by atoms with Crippen LogP contribution in [0.4, 0.5) is 13.2 Å². The topological polar surface area (TPSA) is 77.2 Å². The zero-order valence-electron chi connectivity index (χ0n) is 13.6. The van der Waals surface area contributed by atoms with Gasteiger partial charge in [-0.05, 0) is 31.4 Å². The third-order valence-corrected chi connectivity index (χ3v) is 4.83.